The smallest absolute Gasteiger partial charge is 0.335 e. The Bertz CT molecular complexity index is 1230. The first kappa shape index (κ1) is 18.5. The molecule has 4 rings (SSSR count). The van der Waals surface area contributed by atoms with Crippen molar-refractivity contribution >= 4 is 12.2 Å². The molecule has 1 aliphatic heterocycles. The van der Waals surface area contributed by atoms with E-state index in [1.54, 1.807) is 18.3 Å². The summed E-state index contributed by atoms with van der Waals surface area (Å²) < 4.78 is 1.44. The number of hydrogen-bond donors (Lipinski definition) is 1. The van der Waals surface area contributed by atoms with E-state index in [0.29, 0.717) is 12.0 Å². The molecule has 142 valence electrons. The van der Waals surface area contributed by atoms with Crippen LogP contribution in [0.3, 0.4) is 0 Å². The molecule has 5 nitrogen and oxygen atoms in total. The fourth-order valence-corrected chi connectivity index (χ4v) is 3.41. The molecule has 1 aliphatic rings. The molecular weight excluding hydrogens is 364 g/mol. The molecule has 0 fully saturated rings. The van der Waals surface area contributed by atoms with Crippen molar-refractivity contribution in [3.63, 3.8) is 0 Å². The van der Waals surface area contributed by atoms with Crippen LogP contribution in [0.5, 0.6) is 0 Å². The maximum absolute atomic E-state index is 13.1. The summed E-state index contributed by atoms with van der Waals surface area (Å²) in [5.41, 5.74) is 3.98. The summed E-state index contributed by atoms with van der Waals surface area (Å²) >= 11 is 0. The van der Waals surface area contributed by atoms with Crippen LogP contribution in [0.4, 0.5) is 0 Å². The molecule has 1 N–H and O–H groups in total. The Hall–Kier alpha value is -3.91. The van der Waals surface area contributed by atoms with Gasteiger partial charge >= 0.3 is 5.97 Å². The number of benzene rings is 2. The van der Waals surface area contributed by atoms with E-state index in [0.717, 1.165) is 22.4 Å². The Morgan fingerprint density at radius 1 is 1.14 bits per heavy atom. The van der Waals surface area contributed by atoms with Gasteiger partial charge in [0.15, 0.2) is 0 Å². The number of carboxylic acids is 1. The molecule has 1 unspecified atom stereocenters. The SMILES string of the molecule is Cc1cc(C(C#Cc2ccccc2)c2ccc(C(=O)O)cc2)c(=O)n2c1CC=N2. The van der Waals surface area contributed by atoms with Crippen LogP contribution in [0.1, 0.15) is 44.2 Å². The van der Waals surface area contributed by atoms with Crippen LogP contribution >= 0.6 is 0 Å². The lowest BCUT2D eigenvalue weighted by atomic mass is 9.90. The fourth-order valence-electron chi connectivity index (χ4n) is 3.41. The fraction of sp³-hybridized carbons (Fsp3) is 0.125. The molecule has 0 saturated carbocycles. The molecule has 0 radical (unpaired) electrons. The minimum absolute atomic E-state index is 0.190. The molecule has 1 atom stereocenters. The van der Waals surface area contributed by atoms with E-state index in [4.69, 9.17) is 0 Å². The second kappa shape index (κ2) is 7.61. The molecule has 1 aromatic heterocycles. The quantitative estimate of drug-likeness (QED) is 0.706. The lowest BCUT2D eigenvalue weighted by molar-refractivity contribution is 0.0697. The van der Waals surface area contributed by atoms with Gasteiger partial charge in [-0.3, -0.25) is 4.79 Å². The topological polar surface area (TPSA) is 71.7 Å². The minimum atomic E-state index is -0.994. The number of aromatic nitrogens is 1. The van der Waals surface area contributed by atoms with E-state index >= 15 is 0 Å². The summed E-state index contributed by atoms with van der Waals surface area (Å²) in [6.45, 7) is 1.96. The first-order valence-corrected chi connectivity index (χ1v) is 9.22. The lowest BCUT2D eigenvalue weighted by Crippen LogP contribution is -2.24. The molecule has 0 bridgehead atoms. The molecule has 2 aromatic carbocycles. The van der Waals surface area contributed by atoms with Crippen LogP contribution in [0.25, 0.3) is 0 Å². The van der Waals surface area contributed by atoms with Gasteiger partial charge in [0.1, 0.15) is 0 Å². The Balaban J connectivity index is 1.86. The van der Waals surface area contributed by atoms with Crippen LogP contribution in [0.2, 0.25) is 0 Å². The number of nitrogens with zero attached hydrogens (tertiary/aromatic N) is 2. The van der Waals surface area contributed by atoms with E-state index in [2.05, 4.69) is 16.9 Å². The third-order valence-corrected chi connectivity index (χ3v) is 4.94. The number of hydrogen-bond acceptors (Lipinski definition) is 3. The van der Waals surface area contributed by atoms with Crippen molar-refractivity contribution < 1.29 is 9.90 Å². The maximum Gasteiger partial charge on any atom is 0.335 e. The molecule has 2 heterocycles. The Labute approximate surface area is 168 Å². The largest absolute Gasteiger partial charge is 0.478 e. The van der Waals surface area contributed by atoms with Gasteiger partial charge in [-0.05, 0) is 48.4 Å². The van der Waals surface area contributed by atoms with Crippen LogP contribution in [-0.4, -0.2) is 22.0 Å². The number of aromatic carboxylic acids is 1. The summed E-state index contributed by atoms with van der Waals surface area (Å²) in [6.07, 6.45) is 2.36. The van der Waals surface area contributed by atoms with Gasteiger partial charge in [-0.2, -0.15) is 5.10 Å². The van der Waals surface area contributed by atoms with Crippen LogP contribution in [-0.2, 0) is 6.42 Å². The van der Waals surface area contributed by atoms with Crippen molar-refractivity contribution in [1.29, 1.82) is 0 Å². The van der Waals surface area contributed by atoms with E-state index in [1.165, 1.54) is 16.8 Å². The summed E-state index contributed by atoms with van der Waals surface area (Å²) in [5, 5.41) is 13.4. The van der Waals surface area contributed by atoms with E-state index < -0.39 is 11.9 Å². The van der Waals surface area contributed by atoms with E-state index in [-0.39, 0.29) is 11.1 Å². The van der Waals surface area contributed by atoms with E-state index in [1.807, 2.05) is 43.3 Å². The van der Waals surface area contributed by atoms with Gasteiger partial charge in [0.25, 0.3) is 5.56 Å². The lowest BCUT2D eigenvalue weighted by Gasteiger charge is -2.15. The summed E-state index contributed by atoms with van der Waals surface area (Å²) in [4.78, 5) is 24.3. The van der Waals surface area contributed by atoms with Gasteiger partial charge in [-0.1, -0.05) is 42.2 Å². The first-order valence-electron chi connectivity index (χ1n) is 9.22. The second-order valence-electron chi connectivity index (χ2n) is 6.84. The van der Waals surface area contributed by atoms with Gasteiger partial charge in [-0.15, -0.1) is 0 Å². The predicted molar refractivity (Wildman–Crippen MR) is 112 cm³/mol. The number of carboxylic acid groups (broad SMARTS) is 1. The zero-order valence-corrected chi connectivity index (χ0v) is 15.8. The summed E-state index contributed by atoms with van der Waals surface area (Å²) in [6, 6.07) is 17.9. The monoisotopic (exact) mass is 382 g/mol. The molecule has 0 aliphatic carbocycles. The van der Waals surface area contributed by atoms with Crippen molar-refractivity contribution in [2.45, 2.75) is 19.3 Å². The van der Waals surface area contributed by atoms with Crippen LogP contribution in [0.15, 0.2) is 70.6 Å². The standard InChI is InChI=1S/C24H18N2O3/c1-16-15-21(23(27)26-22(16)13-14-25-26)20(12-7-17-5-3-2-4-6-17)18-8-10-19(11-9-18)24(28)29/h2-6,8-11,14-15,20H,13H2,1H3,(H,28,29). The van der Waals surface area contributed by atoms with E-state index in [9.17, 15) is 14.7 Å². The number of pyridine rings is 1. The van der Waals surface area contributed by atoms with Crippen molar-refractivity contribution in [1.82, 2.24) is 4.68 Å². The van der Waals surface area contributed by atoms with Gasteiger partial charge in [0.2, 0.25) is 0 Å². The van der Waals surface area contributed by atoms with Crippen molar-refractivity contribution in [3.05, 3.63) is 105 Å². The normalized spacial score (nSPS) is 12.7. The van der Waals surface area contributed by atoms with Gasteiger partial charge in [0, 0.05) is 23.8 Å². The molecule has 0 saturated heterocycles. The number of fused-ring (bicyclic) bond motifs is 1. The molecule has 3 aromatic rings. The highest BCUT2D eigenvalue weighted by atomic mass is 16.4. The predicted octanol–water partition coefficient (Wildman–Crippen LogP) is 3.43. The zero-order valence-electron chi connectivity index (χ0n) is 15.8. The first-order chi connectivity index (χ1) is 14.0. The molecule has 5 heteroatoms. The Morgan fingerprint density at radius 2 is 1.86 bits per heavy atom. The maximum atomic E-state index is 13.1. The van der Waals surface area contributed by atoms with Gasteiger partial charge < -0.3 is 5.11 Å². The van der Waals surface area contributed by atoms with Crippen molar-refractivity contribution in [2.24, 2.45) is 5.10 Å². The number of carbonyl (C=O) groups is 1. The van der Waals surface area contributed by atoms with Crippen LogP contribution in [0, 0.1) is 18.8 Å². The summed E-state index contributed by atoms with van der Waals surface area (Å²) in [7, 11) is 0. The second-order valence-corrected chi connectivity index (χ2v) is 6.84. The van der Waals surface area contributed by atoms with Crippen molar-refractivity contribution in [3.8, 4) is 11.8 Å². The van der Waals surface area contributed by atoms with Crippen LogP contribution < -0.4 is 5.56 Å². The Kier molecular flexibility index (Phi) is 4.84. The number of rotatable bonds is 3. The zero-order chi connectivity index (χ0) is 20.4. The Morgan fingerprint density at radius 3 is 2.55 bits per heavy atom. The highest BCUT2D eigenvalue weighted by Crippen LogP contribution is 2.25. The third-order valence-electron chi connectivity index (χ3n) is 4.94. The van der Waals surface area contributed by atoms with Crippen molar-refractivity contribution in [2.75, 3.05) is 0 Å². The average Bonchev–Trinajstić information content (AvgIpc) is 3.24. The van der Waals surface area contributed by atoms with Gasteiger partial charge in [0.05, 0.1) is 17.2 Å². The minimum Gasteiger partial charge on any atom is -0.478 e. The highest BCUT2D eigenvalue weighted by molar-refractivity contribution is 5.87. The molecule has 0 amide bonds. The molecule has 29 heavy (non-hydrogen) atoms. The molecule has 0 spiro atoms. The van der Waals surface area contributed by atoms with Gasteiger partial charge in [-0.25, -0.2) is 9.47 Å². The molecular formula is C24H18N2O3. The summed E-state index contributed by atoms with van der Waals surface area (Å²) in [5.74, 6) is 4.86. The average molecular weight is 382 g/mol. The third kappa shape index (κ3) is 3.61. The highest BCUT2D eigenvalue weighted by Gasteiger charge is 2.22. The number of aryl methyl sites for hydroxylation is 1.